The molecule has 0 aromatic heterocycles. The van der Waals surface area contributed by atoms with Gasteiger partial charge in [-0.05, 0) is 75.0 Å². The van der Waals surface area contributed by atoms with E-state index in [1.165, 1.54) is 31.7 Å². The minimum atomic E-state index is -0.407. The summed E-state index contributed by atoms with van der Waals surface area (Å²) in [6.45, 7) is 8.46. The topological polar surface area (TPSA) is 68.4 Å². The van der Waals surface area contributed by atoms with Gasteiger partial charge in [-0.25, -0.2) is 9.40 Å². The van der Waals surface area contributed by atoms with Gasteiger partial charge in [0.2, 0.25) is 5.91 Å². The molecule has 3 aliphatic heterocycles. The third-order valence-electron chi connectivity index (χ3n) is 7.94. The van der Waals surface area contributed by atoms with E-state index in [1.807, 2.05) is 6.92 Å². The highest BCUT2D eigenvalue weighted by molar-refractivity contribution is 5.88. The lowest BCUT2D eigenvalue weighted by molar-refractivity contribution is -0.122. The van der Waals surface area contributed by atoms with Crippen molar-refractivity contribution in [1.82, 2.24) is 21.1 Å². The minimum absolute atomic E-state index is 0.00892. The van der Waals surface area contributed by atoms with Gasteiger partial charge in [-0.3, -0.25) is 10.2 Å². The van der Waals surface area contributed by atoms with E-state index in [2.05, 4.69) is 33.3 Å². The summed E-state index contributed by atoms with van der Waals surface area (Å²) in [5.41, 5.74) is 6.00. The first kappa shape index (κ1) is 22.1. The number of carbonyl (C=O) groups is 1. The molecule has 32 heavy (non-hydrogen) atoms. The second-order valence-electron chi connectivity index (χ2n) is 10.6. The van der Waals surface area contributed by atoms with Crippen LogP contribution in [0.15, 0.2) is 12.1 Å². The van der Waals surface area contributed by atoms with Crippen LogP contribution in [0.2, 0.25) is 0 Å². The highest BCUT2D eigenvalue weighted by Gasteiger charge is 2.37. The van der Waals surface area contributed by atoms with Gasteiger partial charge in [-0.1, -0.05) is 13.0 Å². The monoisotopic (exact) mass is 443 g/mol. The van der Waals surface area contributed by atoms with E-state index in [0.717, 1.165) is 49.8 Å². The molecule has 176 valence electrons. The van der Waals surface area contributed by atoms with Crippen LogP contribution in [0.5, 0.6) is 0 Å². The average Bonchev–Trinajstić information content (AvgIpc) is 3.28. The number of aryl methyl sites for hydroxylation is 1. The van der Waals surface area contributed by atoms with E-state index < -0.39 is 6.04 Å². The maximum absolute atomic E-state index is 14.3. The van der Waals surface area contributed by atoms with Crippen LogP contribution < -0.4 is 21.4 Å². The van der Waals surface area contributed by atoms with E-state index in [-0.39, 0.29) is 23.8 Å². The molecular weight excluding hydrogens is 405 g/mol. The highest BCUT2D eigenvalue weighted by Crippen LogP contribution is 2.33. The lowest BCUT2D eigenvalue weighted by Gasteiger charge is -2.38. The van der Waals surface area contributed by atoms with Crippen molar-refractivity contribution in [1.29, 1.82) is 0 Å². The fourth-order valence-electron chi connectivity index (χ4n) is 5.89. The van der Waals surface area contributed by atoms with Gasteiger partial charge >= 0.3 is 0 Å². The van der Waals surface area contributed by atoms with Crippen LogP contribution in [0.3, 0.4) is 0 Å². The Kier molecular flexibility index (Phi) is 6.41. The van der Waals surface area contributed by atoms with Gasteiger partial charge in [-0.15, -0.1) is 0 Å². The van der Waals surface area contributed by atoms with Crippen molar-refractivity contribution in [3.8, 4) is 0 Å². The number of hydrogen-bond donors (Lipinski definition) is 4. The Morgan fingerprint density at radius 2 is 2.12 bits per heavy atom. The Morgan fingerprint density at radius 1 is 1.28 bits per heavy atom. The molecule has 5 rings (SSSR count). The van der Waals surface area contributed by atoms with Crippen molar-refractivity contribution in [2.75, 3.05) is 31.5 Å². The quantitative estimate of drug-likeness (QED) is 0.522. The number of benzene rings is 1. The highest BCUT2D eigenvalue weighted by atomic mass is 19.1. The fraction of sp³-hybridized carbons (Fsp3) is 0.720. The summed E-state index contributed by atoms with van der Waals surface area (Å²) in [7, 11) is 0. The molecule has 4 N–H and O–H groups in total. The third kappa shape index (κ3) is 4.80. The molecule has 6 nitrogen and oxygen atoms in total. The molecule has 1 aliphatic carbocycles. The van der Waals surface area contributed by atoms with Crippen LogP contribution in [0.1, 0.15) is 50.2 Å². The molecule has 1 aromatic rings. The van der Waals surface area contributed by atoms with Gasteiger partial charge in [0.05, 0.1) is 0 Å². The van der Waals surface area contributed by atoms with Gasteiger partial charge in [0.15, 0.2) is 0 Å². The molecule has 1 aromatic carbocycles. The Morgan fingerprint density at radius 3 is 2.88 bits per heavy atom. The number of nitrogens with zero attached hydrogens (tertiary/aromatic N) is 1. The smallest absolute Gasteiger partial charge is 0.243 e. The average molecular weight is 444 g/mol. The number of rotatable bonds is 7. The number of hydrogen-bond acceptors (Lipinski definition) is 5. The molecule has 3 fully saturated rings. The number of hydrazine groups is 1. The maximum atomic E-state index is 14.3. The van der Waals surface area contributed by atoms with Gasteiger partial charge < -0.3 is 16.0 Å². The van der Waals surface area contributed by atoms with Crippen LogP contribution in [-0.4, -0.2) is 55.2 Å². The molecule has 0 bridgehead atoms. The van der Waals surface area contributed by atoms with E-state index in [1.54, 1.807) is 6.07 Å². The van der Waals surface area contributed by atoms with Crippen LogP contribution in [0, 0.1) is 30.5 Å². The lowest BCUT2D eigenvalue weighted by atomic mass is 9.83. The van der Waals surface area contributed by atoms with E-state index >= 15 is 0 Å². The maximum Gasteiger partial charge on any atom is 0.243 e. The zero-order valence-electron chi connectivity index (χ0n) is 19.4. The Balaban J connectivity index is 1.25. The summed E-state index contributed by atoms with van der Waals surface area (Å²) in [6.07, 6.45) is 6.49. The molecule has 4 aliphatic rings. The predicted molar refractivity (Wildman–Crippen MR) is 125 cm³/mol. The Labute approximate surface area is 191 Å². The standard InChI is InChI=1S/C25H38FN5O/c1-15-4-3-9-27-24(15)21(10-18-12-28-31(14-18)13-17-6-7-17)30-25(32)22-11-19-20(26)8-5-16(2)23(19)29-22/h5,8,15,17-18,21-22,24,27-29H,3-4,6-7,9-14H2,1-2H3,(H,30,32). The van der Waals surface area contributed by atoms with E-state index in [0.29, 0.717) is 23.8 Å². The lowest BCUT2D eigenvalue weighted by Crippen LogP contribution is -2.57. The van der Waals surface area contributed by atoms with Crippen LogP contribution in [0.4, 0.5) is 10.1 Å². The third-order valence-corrected chi connectivity index (χ3v) is 7.94. The molecule has 2 saturated heterocycles. The van der Waals surface area contributed by atoms with Gasteiger partial charge in [-0.2, -0.15) is 0 Å². The normalized spacial score (nSPS) is 31.2. The summed E-state index contributed by atoms with van der Waals surface area (Å²) >= 11 is 0. The summed E-state index contributed by atoms with van der Waals surface area (Å²) in [5.74, 6) is 1.70. The number of amides is 1. The second-order valence-corrected chi connectivity index (χ2v) is 10.6. The van der Waals surface area contributed by atoms with Crippen molar-refractivity contribution in [3.05, 3.63) is 29.1 Å². The SMILES string of the molecule is Cc1ccc(F)c2c1NC(C(=O)NC(CC1CNN(CC3CC3)C1)C1NCCCC1C)C2. The predicted octanol–water partition coefficient (Wildman–Crippen LogP) is 2.58. The van der Waals surface area contributed by atoms with Gasteiger partial charge in [0.1, 0.15) is 11.9 Å². The fourth-order valence-corrected chi connectivity index (χ4v) is 5.89. The summed E-state index contributed by atoms with van der Waals surface area (Å²) in [6, 6.07) is 3.25. The molecule has 1 amide bonds. The van der Waals surface area contributed by atoms with Crippen molar-refractivity contribution in [3.63, 3.8) is 0 Å². The second kappa shape index (κ2) is 9.27. The Hall–Kier alpha value is -1.70. The molecule has 7 heteroatoms. The van der Waals surface area contributed by atoms with Crippen molar-refractivity contribution < 1.29 is 9.18 Å². The van der Waals surface area contributed by atoms with Crippen LogP contribution in [-0.2, 0) is 11.2 Å². The molecule has 0 radical (unpaired) electrons. The van der Waals surface area contributed by atoms with Gasteiger partial charge in [0, 0.05) is 49.4 Å². The summed E-state index contributed by atoms with van der Waals surface area (Å²) < 4.78 is 14.3. The first-order chi connectivity index (χ1) is 15.5. The number of piperidine rings is 1. The zero-order valence-corrected chi connectivity index (χ0v) is 19.4. The zero-order chi connectivity index (χ0) is 22.2. The minimum Gasteiger partial charge on any atom is -0.373 e. The molecular formula is C25H38FN5O. The van der Waals surface area contributed by atoms with Crippen LogP contribution in [0.25, 0.3) is 0 Å². The first-order valence-electron chi connectivity index (χ1n) is 12.5. The number of anilines is 1. The number of halogens is 1. The van der Waals surface area contributed by atoms with Crippen molar-refractivity contribution >= 4 is 11.6 Å². The molecule has 1 saturated carbocycles. The number of fused-ring (bicyclic) bond motifs is 1. The number of carbonyl (C=O) groups excluding carboxylic acids is 1. The first-order valence-corrected chi connectivity index (χ1v) is 12.5. The largest absolute Gasteiger partial charge is 0.373 e. The van der Waals surface area contributed by atoms with E-state index in [9.17, 15) is 9.18 Å². The van der Waals surface area contributed by atoms with E-state index in [4.69, 9.17) is 0 Å². The molecule has 3 heterocycles. The van der Waals surface area contributed by atoms with Crippen molar-refractivity contribution in [2.45, 2.75) is 70.5 Å². The molecule has 5 atom stereocenters. The Bertz CT molecular complexity index is 813. The van der Waals surface area contributed by atoms with Crippen LogP contribution >= 0.6 is 0 Å². The summed E-state index contributed by atoms with van der Waals surface area (Å²) in [4.78, 5) is 13.3. The number of nitrogens with one attached hydrogen (secondary N) is 4. The molecule has 0 spiro atoms. The summed E-state index contributed by atoms with van der Waals surface area (Å²) in [5, 5.41) is 12.8. The molecule has 5 unspecified atom stereocenters. The van der Waals surface area contributed by atoms with Gasteiger partial charge in [0.25, 0.3) is 0 Å². The van der Waals surface area contributed by atoms with Crippen molar-refractivity contribution in [2.24, 2.45) is 17.8 Å².